The van der Waals surface area contributed by atoms with Gasteiger partial charge in [0.1, 0.15) is 6.23 Å². The molecule has 0 aliphatic heterocycles. The van der Waals surface area contributed by atoms with Gasteiger partial charge in [-0.05, 0) is 23.6 Å². The van der Waals surface area contributed by atoms with Crippen LogP contribution in [0.5, 0.6) is 0 Å². The first-order valence-corrected chi connectivity index (χ1v) is 4.19. The molecule has 13 heavy (non-hydrogen) atoms. The maximum Gasteiger partial charge on any atom is 0.149 e. The molecule has 0 radical (unpaired) electrons. The monoisotopic (exact) mass is 173 g/mol. The lowest BCUT2D eigenvalue weighted by Gasteiger charge is -2.08. The van der Waals surface area contributed by atoms with E-state index in [9.17, 15) is 5.11 Å². The molecule has 1 aromatic carbocycles. The van der Waals surface area contributed by atoms with Crippen molar-refractivity contribution in [3.05, 3.63) is 49.2 Å². The molecule has 1 N–H and O–H groups in total. The Morgan fingerprint density at radius 2 is 2.08 bits per heavy atom. The summed E-state index contributed by atoms with van der Waals surface area (Å²) in [4.78, 5) is 0. The molecule has 2 rings (SSSR count). The number of hydrogen-bond acceptors (Lipinski definition) is 1. The van der Waals surface area contributed by atoms with Gasteiger partial charge < -0.3 is 9.67 Å². The molecule has 2 nitrogen and oxygen atoms in total. The van der Waals surface area contributed by atoms with Crippen LogP contribution in [-0.2, 0) is 0 Å². The number of nitrogens with zero attached hydrogens (tertiary/aromatic N) is 1. The van der Waals surface area contributed by atoms with Gasteiger partial charge >= 0.3 is 0 Å². The molecule has 0 fully saturated rings. The van der Waals surface area contributed by atoms with Crippen molar-refractivity contribution in [3.8, 4) is 0 Å². The molecule has 1 atom stereocenters. The van der Waals surface area contributed by atoms with E-state index in [0.717, 1.165) is 10.9 Å². The van der Waals surface area contributed by atoms with Crippen molar-refractivity contribution in [2.24, 2.45) is 0 Å². The molecule has 2 heteroatoms. The Balaban J connectivity index is 2.64. The summed E-state index contributed by atoms with van der Waals surface area (Å²) in [5.41, 5.74) is 1.02. The van der Waals surface area contributed by atoms with Gasteiger partial charge in [-0.3, -0.25) is 0 Å². The minimum atomic E-state index is -0.639. The topological polar surface area (TPSA) is 25.2 Å². The van der Waals surface area contributed by atoms with Crippen LogP contribution in [0.1, 0.15) is 6.23 Å². The van der Waals surface area contributed by atoms with Crippen LogP contribution in [0.4, 0.5) is 0 Å². The van der Waals surface area contributed by atoms with Gasteiger partial charge in [-0.25, -0.2) is 0 Å². The molecule has 0 aliphatic carbocycles. The minimum Gasteiger partial charge on any atom is -0.370 e. The van der Waals surface area contributed by atoms with E-state index in [1.807, 2.05) is 36.5 Å². The van der Waals surface area contributed by atoms with Crippen molar-refractivity contribution in [2.75, 3.05) is 0 Å². The Bertz CT molecular complexity index is 430. The van der Waals surface area contributed by atoms with Crippen LogP contribution in [0, 0.1) is 0 Å². The highest BCUT2D eigenvalue weighted by Crippen LogP contribution is 2.18. The first-order chi connectivity index (χ1) is 6.33. The maximum absolute atomic E-state index is 9.56. The number of rotatable bonds is 2. The molecule has 1 unspecified atom stereocenters. The van der Waals surface area contributed by atoms with Crippen LogP contribution < -0.4 is 0 Å². The van der Waals surface area contributed by atoms with Crippen LogP contribution in [0.25, 0.3) is 10.9 Å². The second-order valence-corrected chi connectivity index (χ2v) is 2.93. The lowest BCUT2D eigenvalue weighted by Crippen LogP contribution is -2.02. The summed E-state index contributed by atoms with van der Waals surface area (Å²) in [6, 6.07) is 9.90. The summed E-state index contributed by atoms with van der Waals surface area (Å²) < 4.78 is 1.78. The van der Waals surface area contributed by atoms with E-state index in [2.05, 4.69) is 6.58 Å². The number of hydrogen-bond donors (Lipinski definition) is 1. The van der Waals surface area contributed by atoms with E-state index in [0.29, 0.717) is 0 Å². The van der Waals surface area contributed by atoms with Crippen LogP contribution in [0.15, 0.2) is 49.2 Å². The van der Waals surface area contributed by atoms with Gasteiger partial charge in [0.05, 0.1) is 5.52 Å². The van der Waals surface area contributed by atoms with Crippen molar-refractivity contribution in [1.29, 1.82) is 0 Å². The van der Waals surface area contributed by atoms with Gasteiger partial charge in [-0.2, -0.15) is 0 Å². The molecule has 0 saturated carbocycles. The zero-order valence-corrected chi connectivity index (χ0v) is 7.22. The largest absolute Gasteiger partial charge is 0.370 e. The van der Waals surface area contributed by atoms with Crippen molar-refractivity contribution in [1.82, 2.24) is 4.57 Å². The third kappa shape index (κ3) is 1.25. The second-order valence-electron chi connectivity index (χ2n) is 2.93. The predicted molar refractivity (Wildman–Crippen MR) is 53.4 cm³/mol. The van der Waals surface area contributed by atoms with E-state index in [1.165, 1.54) is 6.08 Å². The van der Waals surface area contributed by atoms with Crippen LogP contribution >= 0.6 is 0 Å². The molecule has 0 bridgehead atoms. The number of para-hydroxylation sites is 1. The second kappa shape index (κ2) is 3.07. The fourth-order valence-electron chi connectivity index (χ4n) is 1.45. The van der Waals surface area contributed by atoms with E-state index in [4.69, 9.17) is 0 Å². The van der Waals surface area contributed by atoms with E-state index < -0.39 is 6.23 Å². The van der Waals surface area contributed by atoms with Gasteiger partial charge in [0.2, 0.25) is 0 Å². The van der Waals surface area contributed by atoms with Crippen molar-refractivity contribution >= 4 is 10.9 Å². The Kier molecular flexibility index (Phi) is 1.91. The van der Waals surface area contributed by atoms with Crippen LogP contribution in [0.3, 0.4) is 0 Å². The summed E-state index contributed by atoms with van der Waals surface area (Å²) in [5, 5.41) is 10.7. The standard InChI is InChI=1S/C11H11NO/c1-2-11(13)12-8-7-9-5-3-4-6-10(9)12/h2-8,11,13H,1H2. The molecule has 0 spiro atoms. The molecule has 1 heterocycles. The zero-order chi connectivity index (χ0) is 9.26. The average molecular weight is 173 g/mol. The first kappa shape index (κ1) is 8.08. The van der Waals surface area contributed by atoms with Crippen LogP contribution in [0.2, 0.25) is 0 Å². The molecule has 2 aromatic rings. The molecule has 0 aliphatic rings. The maximum atomic E-state index is 9.56. The fourth-order valence-corrected chi connectivity index (χ4v) is 1.45. The van der Waals surface area contributed by atoms with Crippen LogP contribution in [-0.4, -0.2) is 9.67 Å². The van der Waals surface area contributed by atoms with Crippen molar-refractivity contribution < 1.29 is 5.11 Å². The summed E-state index contributed by atoms with van der Waals surface area (Å²) in [6.45, 7) is 3.55. The van der Waals surface area contributed by atoms with Crippen molar-refractivity contribution in [3.63, 3.8) is 0 Å². The Hall–Kier alpha value is -1.54. The number of aliphatic hydroxyl groups is 1. The van der Waals surface area contributed by atoms with Gasteiger partial charge in [0.15, 0.2) is 0 Å². The molecule has 66 valence electrons. The van der Waals surface area contributed by atoms with Gasteiger partial charge in [-0.1, -0.05) is 24.8 Å². The Morgan fingerprint density at radius 3 is 2.85 bits per heavy atom. The Labute approximate surface area is 76.7 Å². The smallest absolute Gasteiger partial charge is 0.149 e. The molecule has 0 saturated heterocycles. The number of fused-ring (bicyclic) bond motifs is 1. The minimum absolute atomic E-state index is 0.639. The number of aliphatic hydroxyl groups excluding tert-OH is 1. The third-order valence-electron chi connectivity index (χ3n) is 2.13. The predicted octanol–water partition coefficient (Wildman–Crippen LogP) is 2.32. The van der Waals surface area contributed by atoms with Gasteiger partial charge in [0, 0.05) is 6.20 Å². The Morgan fingerprint density at radius 1 is 1.31 bits per heavy atom. The lowest BCUT2D eigenvalue weighted by atomic mass is 10.2. The number of benzene rings is 1. The molecule has 1 aromatic heterocycles. The van der Waals surface area contributed by atoms with E-state index in [1.54, 1.807) is 4.57 Å². The molecular weight excluding hydrogens is 162 g/mol. The molecular formula is C11H11NO. The fraction of sp³-hybridized carbons (Fsp3) is 0.0909. The summed E-state index contributed by atoms with van der Waals surface area (Å²) in [5.74, 6) is 0. The van der Waals surface area contributed by atoms with Gasteiger partial charge in [0.25, 0.3) is 0 Å². The first-order valence-electron chi connectivity index (χ1n) is 4.19. The van der Waals surface area contributed by atoms with E-state index >= 15 is 0 Å². The highest BCUT2D eigenvalue weighted by Gasteiger charge is 2.04. The average Bonchev–Trinajstić information content (AvgIpc) is 2.60. The SMILES string of the molecule is C=CC(O)n1ccc2ccccc21. The van der Waals surface area contributed by atoms with E-state index in [-0.39, 0.29) is 0 Å². The van der Waals surface area contributed by atoms with Crippen molar-refractivity contribution in [2.45, 2.75) is 6.23 Å². The zero-order valence-electron chi connectivity index (χ0n) is 7.22. The summed E-state index contributed by atoms with van der Waals surface area (Å²) in [7, 11) is 0. The highest BCUT2D eigenvalue weighted by atomic mass is 16.3. The number of aromatic nitrogens is 1. The third-order valence-corrected chi connectivity index (χ3v) is 2.13. The summed E-state index contributed by atoms with van der Waals surface area (Å²) in [6.07, 6.45) is 2.73. The quantitative estimate of drug-likeness (QED) is 0.693. The lowest BCUT2D eigenvalue weighted by molar-refractivity contribution is 0.160. The normalized spacial score (nSPS) is 13.0. The van der Waals surface area contributed by atoms with Gasteiger partial charge in [-0.15, -0.1) is 0 Å². The highest BCUT2D eigenvalue weighted by molar-refractivity contribution is 5.80. The molecule has 0 amide bonds. The summed E-state index contributed by atoms with van der Waals surface area (Å²) >= 11 is 0.